The molecule has 1 fully saturated rings. The lowest BCUT2D eigenvalue weighted by Crippen LogP contribution is -2.38. The zero-order chi connectivity index (χ0) is 9.90. The van der Waals surface area contributed by atoms with Crippen LogP contribution < -0.4 is 0 Å². The summed E-state index contributed by atoms with van der Waals surface area (Å²) in [5.41, 5.74) is 0. The predicted molar refractivity (Wildman–Crippen MR) is 55.0 cm³/mol. The van der Waals surface area contributed by atoms with Crippen LogP contribution in [-0.4, -0.2) is 33.9 Å². The first-order chi connectivity index (χ1) is 6.13. The number of carbonyl (C=O) groups is 2. The van der Waals surface area contributed by atoms with Crippen molar-refractivity contribution in [2.75, 3.05) is 18.1 Å². The lowest BCUT2D eigenvalue weighted by molar-refractivity contribution is -0.145. The zero-order valence-electron chi connectivity index (χ0n) is 7.66. The molecule has 0 N–H and O–H groups in total. The molecule has 1 rings (SSSR count). The van der Waals surface area contributed by atoms with Crippen LogP contribution in [0.2, 0.25) is 0 Å². The predicted octanol–water partition coefficient (Wildman–Crippen LogP) is 1.31. The van der Waals surface area contributed by atoms with Gasteiger partial charge in [-0.2, -0.15) is 0 Å². The molecule has 0 spiro atoms. The molecular weight excluding hydrogens is 208 g/mol. The molecule has 13 heavy (non-hydrogen) atoms. The second-order valence-electron chi connectivity index (χ2n) is 2.59. The van der Waals surface area contributed by atoms with E-state index in [9.17, 15) is 9.59 Å². The molecule has 1 heterocycles. The van der Waals surface area contributed by atoms with Gasteiger partial charge in [-0.25, -0.2) is 4.79 Å². The van der Waals surface area contributed by atoms with Crippen LogP contribution in [0.1, 0.15) is 13.8 Å². The van der Waals surface area contributed by atoms with E-state index < -0.39 is 10.0 Å². The van der Waals surface area contributed by atoms with Crippen LogP contribution in [0, 0.1) is 0 Å². The highest BCUT2D eigenvalue weighted by Gasteiger charge is 2.49. The van der Waals surface area contributed by atoms with Gasteiger partial charge in [-0.1, -0.05) is 0 Å². The van der Waals surface area contributed by atoms with E-state index in [1.165, 1.54) is 30.4 Å². The highest BCUT2D eigenvalue weighted by Crippen LogP contribution is 2.45. The maximum Gasteiger partial charge on any atom is 0.340 e. The van der Waals surface area contributed by atoms with Gasteiger partial charge in [-0.3, -0.25) is 4.79 Å². The third-order valence-electron chi connectivity index (χ3n) is 1.70. The highest BCUT2D eigenvalue weighted by atomic mass is 32.2. The van der Waals surface area contributed by atoms with Gasteiger partial charge in [-0.15, -0.1) is 23.5 Å². The van der Waals surface area contributed by atoms with Gasteiger partial charge in [0.2, 0.25) is 4.08 Å². The summed E-state index contributed by atoms with van der Waals surface area (Å²) in [4.78, 5) is 22.9. The Morgan fingerprint density at radius 2 is 1.92 bits per heavy atom. The summed E-state index contributed by atoms with van der Waals surface area (Å²) in [5.74, 6) is 1.17. The molecule has 1 saturated heterocycles. The molecule has 0 aliphatic carbocycles. The van der Waals surface area contributed by atoms with Gasteiger partial charge in [0.25, 0.3) is 0 Å². The van der Waals surface area contributed by atoms with E-state index in [-0.39, 0.29) is 5.78 Å². The van der Waals surface area contributed by atoms with Crippen LogP contribution in [0.25, 0.3) is 0 Å². The van der Waals surface area contributed by atoms with Gasteiger partial charge in [0.05, 0.1) is 6.61 Å². The summed E-state index contributed by atoms with van der Waals surface area (Å²) in [7, 11) is 0. The van der Waals surface area contributed by atoms with E-state index in [1.54, 1.807) is 6.92 Å². The molecule has 5 heteroatoms. The first-order valence-electron chi connectivity index (χ1n) is 4.09. The monoisotopic (exact) mass is 220 g/mol. The molecule has 74 valence electrons. The lowest BCUT2D eigenvalue weighted by atomic mass is 10.3. The van der Waals surface area contributed by atoms with Gasteiger partial charge >= 0.3 is 5.97 Å². The van der Waals surface area contributed by atoms with Gasteiger partial charge in [0.1, 0.15) is 0 Å². The number of hydrogen-bond donors (Lipinski definition) is 0. The van der Waals surface area contributed by atoms with Crippen LogP contribution in [0.15, 0.2) is 0 Å². The number of rotatable bonds is 3. The Bertz CT molecular complexity index is 221. The van der Waals surface area contributed by atoms with Crippen molar-refractivity contribution in [3.63, 3.8) is 0 Å². The molecule has 0 saturated carbocycles. The van der Waals surface area contributed by atoms with Crippen molar-refractivity contribution >= 4 is 35.3 Å². The molecule has 0 unspecified atom stereocenters. The molecule has 0 radical (unpaired) electrons. The summed E-state index contributed by atoms with van der Waals surface area (Å²) < 4.78 is 3.93. The van der Waals surface area contributed by atoms with E-state index in [0.717, 1.165) is 11.5 Å². The smallest absolute Gasteiger partial charge is 0.340 e. The summed E-state index contributed by atoms with van der Waals surface area (Å²) in [6.45, 7) is 3.52. The Kier molecular flexibility index (Phi) is 3.67. The molecule has 0 bridgehead atoms. The van der Waals surface area contributed by atoms with Crippen molar-refractivity contribution < 1.29 is 14.3 Å². The molecule has 0 atom stereocenters. The SMILES string of the molecule is CCOC(=O)C1(C(C)=O)SCCS1. The standard InChI is InChI=1S/C8H12O3S2/c1-3-11-7(10)8(6(2)9)12-4-5-13-8/h3-5H2,1-2H3. The maximum absolute atomic E-state index is 11.5. The molecule has 0 amide bonds. The number of Topliss-reactive ketones (excluding diaryl/α,β-unsaturated/α-hetero) is 1. The average molecular weight is 220 g/mol. The number of ketones is 1. The molecule has 0 aromatic rings. The fourth-order valence-corrected chi connectivity index (χ4v) is 3.94. The van der Waals surface area contributed by atoms with Crippen molar-refractivity contribution in [2.24, 2.45) is 0 Å². The van der Waals surface area contributed by atoms with Gasteiger partial charge in [0.15, 0.2) is 5.78 Å². The first kappa shape index (κ1) is 10.9. The van der Waals surface area contributed by atoms with Crippen molar-refractivity contribution in [1.82, 2.24) is 0 Å². The van der Waals surface area contributed by atoms with Gasteiger partial charge in [-0.05, 0) is 13.8 Å². The van der Waals surface area contributed by atoms with Crippen LogP contribution in [0.3, 0.4) is 0 Å². The summed E-state index contributed by atoms with van der Waals surface area (Å²) in [6.07, 6.45) is 0. The first-order valence-corrected chi connectivity index (χ1v) is 6.06. The van der Waals surface area contributed by atoms with E-state index >= 15 is 0 Å². The highest BCUT2D eigenvalue weighted by molar-refractivity contribution is 8.23. The Hall–Kier alpha value is -0.160. The number of carbonyl (C=O) groups excluding carboxylic acids is 2. The summed E-state index contributed by atoms with van der Waals surface area (Å²) in [6, 6.07) is 0. The number of esters is 1. The van der Waals surface area contributed by atoms with Crippen molar-refractivity contribution in [3.8, 4) is 0 Å². The molecule has 3 nitrogen and oxygen atoms in total. The maximum atomic E-state index is 11.5. The van der Waals surface area contributed by atoms with E-state index in [0.29, 0.717) is 6.61 Å². The number of ether oxygens (including phenoxy) is 1. The molecule has 1 aliphatic heterocycles. The minimum atomic E-state index is -0.962. The second-order valence-corrected chi connectivity index (χ2v) is 5.47. The van der Waals surface area contributed by atoms with Crippen LogP contribution in [0.5, 0.6) is 0 Å². The summed E-state index contributed by atoms with van der Waals surface area (Å²) >= 11 is 2.77. The average Bonchev–Trinajstić information content (AvgIpc) is 2.53. The Morgan fingerprint density at radius 3 is 2.31 bits per heavy atom. The Morgan fingerprint density at radius 1 is 1.38 bits per heavy atom. The van der Waals surface area contributed by atoms with E-state index in [4.69, 9.17) is 4.74 Å². The van der Waals surface area contributed by atoms with Crippen molar-refractivity contribution in [2.45, 2.75) is 17.9 Å². The molecular formula is C8H12O3S2. The normalized spacial score (nSPS) is 19.8. The second kappa shape index (κ2) is 4.37. The molecule has 1 aliphatic rings. The van der Waals surface area contributed by atoms with Crippen molar-refractivity contribution in [3.05, 3.63) is 0 Å². The summed E-state index contributed by atoms with van der Waals surface area (Å²) in [5, 5.41) is 0. The fraction of sp³-hybridized carbons (Fsp3) is 0.750. The van der Waals surface area contributed by atoms with Crippen LogP contribution >= 0.6 is 23.5 Å². The van der Waals surface area contributed by atoms with E-state index in [2.05, 4.69) is 0 Å². The Labute approximate surface area is 86.0 Å². The largest absolute Gasteiger partial charge is 0.464 e. The minimum absolute atomic E-state index is 0.113. The quantitative estimate of drug-likeness (QED) is 0.530. The van der Waals surface area contributed by atoms with E-state index in [1.807, 2.05) is 0 Å². The minimum Gasteiger partial charge on any atom is -0.464 e. The zero-order valence-corrected chi connectivity index (χ0v) is 9.30. The lowest BCUT2D eigenvalue weighted by Gasteiger charge is -2.20. The van der Waals surface area contributed by atoms with Crippen LogP contribution in [0.4, 0.5) is 0 Å². The molecule has 0 aromatic heterocycles. The van der Waals surface area contributed by atoms with Gasteiger partial charge < -0.3 is 4.74 Å². The van der Waals surface area contributed by atoms with Crippen LogP contribution in [-0.2, 0) is 14.3 Å². The third kappa shape index (κ3) is 2.02. The fourth-order valence-electron chi connectivity index (χ4n) is 1.10. The number of thioether (sulfide) groups is 2. The molecule has 0 aromatic carbocycles. The Balaban J connectivity index is 2.78. The van der Waals surface area contributed by atoms with Crippen molar-refractivity contribution in [1.29, 1.82) is 0 Å². The number of hydrogen-bond acceptors (Lipinski definition) is 5. The van der Waals surface area contributed by atoms with Gasteiger partial charge in [0, 0.05) is 11.5 Å². The third-order valence-corrected chi connectivity index (χ3v) is 5.20. The topological polar surface area (TPSA) is 43.4 Å².